The van der Waals surface area contributed by atoms with Gasteiger partial charge in [0.05, 0.1) is 22.0 Å². The minimum Gasteiger partial charge on any atom is -0.462 e. The maximum absolute atomic E-state index is 11.9. The van der Waals surface area contributed by atoms with E-state index in [1.54, 1.807) is 6.92 Å². The smallest absolute Gasteiger partial charge is 0.338 e. The zero-order valence-corrected chi connectivity index (χ0v) is 14.0. The number of primary amides is 1. The van der Waals surface area contributed by atoms with E-state index in [9.17, 15) is 29.8 Å². The minimum absolute atomic E-state index is 0.0306. The Morgan fingerprint density at radius 1 is 1.19 bits per heavy atom. The lowest BCUT2D eigenvalue weighted by Gasteiger charge is -2.31. The van der Waals surface area contributed by atoms with Gasteiger partial charge in [-0.05, 0) is 19.8 Å². The molecule has 1 heterocycles. The first kappa shape index (κ1) is 19.1. The summed E-state index contributed by atoms with van der Waals surface area (Å²) in [4.78, 5) is 46.0. The number of piperidine rings is 1. The highest BCUT2D eigenvalue weighted by Crippen LogP contribution is 2.40. The second-order valence-corrected chi connectivity index (χ2v) is 5.76. The number of nitrogens with zero attached hydrogens (tertiary/aromatic N) is 3. The number of carbonyl (C=O) groups excluding carboxylic acids is 2. The van der Waals surface area contributed by atoms with Gasteiger partial charge in [-0.25, -0.2) is 4.79 Å². The van der Waals surface area contributed by atoms with E-state index in [1.807, 2.05) is 0 Å². The number of anilines is 1. The lowest BCUT2D eigenvalue weighted by atomic mass is 9.95. The molecule has 1 amide bonds. The van der Waals surface area contributed by atoms with Gasteiger partial charge in [-0.15, -0.1) is 0 Å². The molecule has 0 spiro atoms. The summed E-state index contributed by atoms with van der Waals surface area (Å²) in [7, 11) is 0. The summed E-state index contributed by atoms with van der Waals surface area (Å²) in [5, 5.41) is 22.9. The van der Waals surface area contributed by atoms with Gasteiger partial charge in [0.2, 0.25) is 5.91 Å². The number of benzene rings is 1. The number of esters is 1. The maximum atomic E-state index is 11.9. The van der Waals surface area contributed by atoms with E-state index in [1.165, 1.54) is 4.90 Å². The summed E-state index contributed by atoms with van der Waals surface area (Å²) in [5.41, 5.74) is 3.71. The first-order chi connectivity index (χ1) is 12.3. The molecule has 11 heteroatoms. The molecule has 26 heavy (non-hydrogen) atoms. The molecule has 2 N–H and O–H groups in total. The van der Waals surface area contributed by atoms with Crippen LogP contribution in [0.1, 0.15) is 30.1 Å². The van der Waals surface area contributed by atoms with Gasteiger partial charge in [-0.3, -0.25) is 25.0 Å². The van der Waals surface area contributed by atoms with E-state index in [0.717, 1.165) is 12.1 Å². The highest BCUT2D eigenvalue weighted by molar-refractivity contribution is 5.94. The van der Waals surface area contributed by atoms with Gasteiger partial charge >= 0.3 is 17.3 Å². The standard InChI is InChI=1S/C15H18N4O7/c1-2-26-15(21)10-7-11(18(22)23)13(12(8-10)19(24)25)17-5-3-9(4-6-17)14(16)20/h7-9H,2-6H2,1H3,(H2,16,20). The van der Waals surface area contributed by atoms with E-state index in [2.05, 4.69) is 0 Å². The highest BCUT2D eigenvalue weighted by Gasteiger charge is 2.35. The third-order valence-electron chi connectivity index (χ3n) is 4.19. The Morgan fingerprint density at radius 2 is 1.69 bits per heavy atom. The fourth-order valence-corrected chi connectivity index (χ4v) is 2.93. The van der Waals surface area contributed by atoms with Crippen LogP contribution < -0.4 is 10.6 Å². The maximum Gasteiger partial charge on any atom is 0.338 e. The normalized spacial score (nSPS) is 14.7. The van der Waals surface area contributed by atoms with Crippen molar-refractivity contribution < 1.29 is 24.2 Å². The van der Waals surface area contributed by atoms with Gasteiger partial charge in [0.1, 0.15) is 0 Å². The Morgan fingerprint density at radius 3 is 2.08 bits per heavy atom. The zero-order chi connectivity index (χ0) is 19.4. The Kier molecular flexibility index (Phi) is 5.70. The van der Waals surface area contributed by atoms with Crippen LogP contribution in [0.25, 0.3) is 0 Å². The summed E-state index contributed by atoms with van der Waals surface area (Å²) in [6.45, 7) is 1.99. The number of hydrogen-bond donors (Lipinski definition) is 1. The van der Waals surface area contributed by atoms with E-state index < -0.39 is 33.1 Å². The molecule has 0 atom stereocenters. The molecule has 0 unspecified atom stereocenters. The number of nitro groups is 2. The van der Waals surface area contributed by atoms with Crippen LogP contribution >= 0.6 is 0 Å². The van der Waals surface area contributed by atoms with Crippen molar-refractivity contribution in [1.29, 1.82) is 0 Å². The average molecular weight is 366 g/mol. The first-order valence-corrected chi connectivity index (χ1v) is 7.94. The molecule has 1 saturated heterocycles. The molecule has 1 aliphatic rings. The number of nitrogens with two attached hydrogens (primary N) is 1. The van der Waals surface area contributed by atoms with E-state index in [4.69, 9.17) is 10.5 Å². The lowest BCUT2D eigenvalue weighted by Crippen LogP contribution is -2.39. The molecule has 1 aromatic rings. The quantitative estimate of drug-likeness (QED) is 0.449. The molecule has 1 fully saturated rings. The number of amides is 1. The predicted molar refractivity (Wildman–Crippen MR) is 89.8 cm³/mol. The number of nitro benzene ring substituents is 2. The van der Waals surface area contributed by atoms with Crippen molar-refractivity contribution in [3.63, 3.8) is 0 Å². The van der Waals surface area contributed by atoms with Crippen LogP contribution in [0.2, 0.25) is 0 Å². The van der Waals surface area contributed by atoms with E-state index in [-0.39, 0.29) is 36.9 Å². The van der Waals surface area contributed by atoms with Gasteiger partial charge < -0.3 is 15.4 Å². The summed E-state index contributed by atoms with van der Waals surface area (Å²) < 4.78 is 4.77. The molecule has 0 aliphatic carbocycles. The zero-order valence-electron chi connectivity index (χ0n) is 14.0. The van der Waals surface area contributed by atoms with E-state index in [0.29, 0.717) is 12.8 Å². The molecular weight excluding hydrogens is 348 g/mol. The monoisotopic (exact) mass is 366 g/mol. The van der Waals surface area contributed by atoms with Gasteiger partial charge in [-0.1, -0.05) is 0 Å². The predicted octanol–water partition coefficient (Wildman–Crippen LogP) is 1.38. The van der Waals surface area contributed by atoms with Crippen LogP contribution in [0.3, 0.4) is 0 Å². The van der Waals surface area contributed by atoms with Gasteiger partial charge in [-0.2, -0.15) is 0 Å². The molecule has 11 nitrogen and oxygen atoms in total. The van der Waals surface area contributed by atoms with Crippen molar-refractivity contribution in [2.45, 2.75) is 19.8 Å². The van der Waals surface area contributed by atoms with Gasteiger partial charge in [0, 0.05) is 31.1 Å². The van der Waals surface area contributed by atoms with E-state index >= 15 is 0 Å². The van der Waals surface area contributed by atoms with Gasteiger partial charge in [0.15, 0.2) is 5.69 Å². The first-order valence-electron chi connectivity index (χ1n) is 7.94. The Bertz CT molecular complexity index is 721. The molecule has 1 aliphatic heterocycles. The second kappa shape index (κ2) is 7.76. The molecule has 0 radical (unpaired) electrons. The van der Waals surface area contributed by atoms with Crippen molar-refractivity contribution in [2.24, 2.45) is 11.7 Å². The van der Waals surface area contributed by atoms with Crippen molar-refractivity contribution in [2.75, 3.05) is 24.6 Å². The van der Waals surface area contributed by atoms with Crippen LogP contribution in [0.4, 0.5) is 17.1 Å². The van der Waals surface area contributed by atoms with Crippen LogP contribution in [0, 0.1) is 26.1 Å². The topological polar surface area (TPSA) is 159 Å². The molecule has 2 rings (SSSR count). The summed E-state index contributed by atoms with van der Waals surface area (Å²) >= 11 is 0. The van der Waals surface area contributed by atoms with Crippen molar-refractivity contribution in [3.05, 3.63) is 37.9 Å². The van der Waals surface area contributed by atoms with Crippen molar-refractivity contribution in [3.8, 4) is 0 Å². The number of ether oxygens (including phenoxy) is 1. The number of hydrogen-bond acceptors (Lipinski definition) is 8. The fraction of sp³-hybridized carbons (Fsp3) is 0.467. The molecular formula is C15H18N4O7. The number of carbonyl (C=O) groups is 2. The number of rotatable bonds is 6. The van der Waals surface area contributed by atoms with Crippen molar-refractivity contribution in [1.82, 2.24) is 0 Å². The third kappa shape index (κ3) is 3.87. The molecule has 0 saturated carbocycles. The molecule has 0 aromatic heterocycles. The van der Waals surface area contributed by atoms with Crippen LogP contribution in [0.15, 0.2) is 12.1 Å². The molecule has 0 bridgehead atoms. The van der Waals surface area contributed by atoms with Crippen LogP contribution in [-0.4, -0.2) is 41.4 Å². The summed E-state index contributed by atoms with van der Waals surface area (Å²) in [5.74, 6) is -1.72. The van der Waals surface area contributed by atoms with Crippen molar-refractivity contribution >= 4 is 28.9 Å². The van der Waals surface area contributed by atoms with Gasteiger partial charge in [0.25, 0.3) is 0 Å². The summed E-state index contributed by atoms with van der Waals surface area (Å²) in [6.07, 6.45) is 0.673. The molecule has 1 aromatic carbocycles. The Labute approximate surface area is 148 Å². The molecule has 140 valence electrons. The minimum atomic E-state index is -0.877. The Hall–Kier alpha value is -3.24. The second-order valence-electron chi connectivity index (χ2n) is 5.76. The Balaban J connectivity index is 2.50. The van der Waals surface area contributed by atoms with Crippen LogP contribution in [-0.2, 0) is 9.53 Å². The lowest BCUT2D eigenvalue weighted by molar-refractivity contribution is -0.392. The largest absolute Gasteiger partial charge is 0.462 e. The average Bonchev–Trinajstić information content (AvgIpc) is 2.60. The van der Waals surface area contributed by atoms with Crippen LogP contribution in [0.5, 0.6) is 0 Å². The SMILES string of the molecule is CCOC(=O)c1cc([N+](=O)[O-])c(N2CCC(C(N)=O)CC2)c([N+](=O)[O-])c1. The highest BCUT2D eigenvalue weighted by atomic mass is 16.6. The fourth-order valence-electron chi connectivity index (χ4n) is 2.93. The summed E-state index contributed by atoms with van der Waals surface area (Å²) in [6, 6.07) is 1.95. The third-order valence-corrected chi connectivity index (χ3v) is 4.19.